The molecule has 7 nitrogen and oxygen atoms in total. The molecule has 3 aromatic carbocycles. The maximum atomic E-state index is 14.6. The molecule has 1 fully saturated rings. The van der Waals surface area contributed by atoms with Crippen LogP contribution in [-0.2, 0) is 14.8 Å². The highest BCUT2D eigenvalue weighted by Gasteiger charge is 2.35. The summed E-state index contributed by atoms with van der Waals surface area (Å²) in [7, 11) is -3.93. The highest BCUT2D eigenvalue weighted by Crippen LogP contribution is 2.39. The van der Waals surface area contributed by atoms with E-state index in [2.05, 4.69) is 4.90 Å². The molecule has 2 aliphatic rings. The number of carboxylic acid groups (broad SMARTS) is 1. The number of ether oxygens (including phenoxy) is 1. The lowest BCUT2D eigenvalue weighted by Crippen LogP contribution is -2.45. The Morgan fingerprint density at radius 3 is 2.55 bits per heavy atom. The van der Waals surface area contributed by atoms with Crippen molar-refractivity contribution in [3.05, 3.63) is 88.2 Å². The maximum absolute atomic E-state index is 14.6. The predicted molar refractivity (Wildman–Crippen MR) is 163 cm³/mol. The molecule has 0 saturated carbocycles. The second kappa shape index (κ2) is 12.5. The summed E-state index contributed by atoms with van der Waals surface area (Å²) in [5.41, 5.74) is 2.83. The van der Waals surface area contributed by atoms with Crippen LogP contribution in [0.5, 0.6) is 5.75 Å². The van der Waals surface area contributed by atoms with Crippen molar-refractivity contribution in [2.45, 2.75) is 44.1 Å². The highest BCUT2D eigenvalue weighted by atomic mass is 35.5. The number of sulfonamides is 1. The van der Waals surface area contributed by atoms with Crippen LogP contribution in [-0.4, -0.2) is 56.7 Å². The lowest BCUT2D eigenvalue weighted by Gasteiger charge is -2.37. The van der Waals surface area contributed by atoms with Crippen molar-refractivity contribution in [3.8, 4) is 5.75 Å². The number of hydrogen-bond acceptors (Lipinski definition) is 5. The molecule has 2 aliphatic heterocycles. The number of carbonyl (C=O) groups is 1. The minimum Gasteiger partial charge on any atom is -0.486 e. The number of piperidine rings is 1. The van der Waals surface area contributed by atoms with E-state index in [9.17, 15) is 22.7 Å². The van der Waals surface area contributed by atoms with Gasteiger partial charge in [0.2, 0.25) is 0 Å². The van der Waals surface area contributed by atoms with Crippen LogP contribution in [0.15, 0.2) is 65.6 Å². The van der Waals surface area contributed by atoms with Gasteiger partial charge in [0.05, 0.1) is 28.1 Å². The van der Waals surface area contributed by atoms with Crippen molar-refractivity contribution in [1.82, 2.24) is 4.90 Å². The number of halogens is 2. The number of anilines is 1. The van der Waals surface area contributed by atoms with Crippen LogP contribution >= 0.6 is 11.6 Å². The van der Waals surface area contributed by atoms with Gasteiger partial charge >= 0.3 is 5.97 Å². The number of likely N-dealkylation sites (tertiary alicyclic amines) is 1. The number of hydrogen-bond donors (Lipinski definition) is 1. The quantitative estimate of drug-likeness (QED) is 0.293. The second-order valence-electron chi connectivity index (χ2n) is 11.0. The molecule has 42 heavy (non-hydrogen) atoms. The van der Waals surface area contributed by atoms with Crippen molar-refractivity contribution >= 4 is 44.9 Å². The molecule has 222 valence electrons. The number of nitrogens with zero attached hydrogens (tertiary/aromatic N) is 2. The number of rotatable bonds is 8. The van der Waals surface area contributed by atoms with Gasteiger partial charge in [0.25, 0.3) is 10.0 Å². The molecule has 0 spiro atoms. The van der Waals surface area contributed by atoms with Crippen LogP contribution in [0.25, 0.3) is 11.6 Å². The predicted octanol–water partition coefficient (Wildman–Crippen LogP) is 6.49. The Morgan fingerprint density at radius 2 is 1.86 bits per heavy atom. The average molecular weight is 613 g/mol. The van der Waals surface area contributed by atoms with E-state index in [0.717, 1.165) is 5.56 Å². The van der Waals surface area contributed by atoms with Crippen LogP contribution in [0.1, 0.15) is 42.9 Å². The molecular weight excluding hydrogens is 579 g/mol. The van der Waals surface area contributed by atoms with Crippen LogP contribution in [0.4, 0.5) is 10.1 Å². The van der Waals surface area contributed by atoms with Gasteiger partial charge in [-0.15, -0.1) is 0 Å². The molecule has 3 aromatic rings. The summed E-state index contributed by atoms with van der Waals surface area (Å²) in [6, 6.07) is 16.7. The standard InChI is InChI=1S/C32H34ClFN2O5S/c1-21-5-3-6-26(17-21)42(39,40)36-20-25(13-16-35-14-11-24(12-15-35)32(37)38)41-30-10-9-23(19-29(30)36)18-22(2)31-27(33)7-4-8-28(31)34/h3-10,17-19,24-25H,11-16,20H2,1-2H3,(H,37,38)/b22-18+/t25-/m0/s1. The smallest absolute Gasteiger partial charge is 0.306 e. The Hall–Kier alpha value is -3.40. The van der Waals surface area contributed by atoms with Gasteiger partial charge in [0.15, 0.2) is 0 Å². The van der Waals surface area contributed by atoms with E-state index >= 15 is 0 Å². The number of aryl methyl sites for hydroxylation is 1. The fourth-order valence-corrected chi connectivity index (χ4v) is 7.54. The third kappa shape index (κ3) is 6.48. The van der Waals surface area contributed by atoms with Crippen LogP contribution in [0, 0.1) is 18.7 Å². The van der Waals surface area contributed by atoms with E-state index in [1.807, 2.05) is 19.1 Å². The first-order valence-corrected chi connectivity index (χ1v) is 15.8. The minimum absolute atomic E-state index is 0.125. The second-order valence-corrected chi connectivity index (χ2v) is 13.3. The molecule has 0 aromatic heterocycles. The third-order valence-electron chi connectivity index (χ3n) is 7.94. The van der Waals surface area contributed by atoms with Gasteiger partial charge in [-0.25, -0.2) is 12.8 Å². The van der Waals surface area contributed by atoms with E-state index in [4.69, 9.17) is 16.3 Å². The Kier molecular flexibility index (Phi) is 8.92. The monoisotopic (exact) mass is 612 g/mol. The van der Waals surface area contributed by atoms with Gasteiger partial charge in [0, 0.05) is 12.1 Å². The summed E-state index contributed by atoms with van der Waals surface area (Å²) >= 11 is 6.27. The van der Waals surface area contributed by atoms with E-state index in [1.54, 1.807) is 55.5 Å². The molecular formula is C32H34ClFN2O5S. The fourth-order valence-electron chi connectivity index (χ4n) is 5.63. The van der Waals surface area contributed by atoms with Gasteiger partial charge in [-0.2, -0.15) is 0 Å². The molecule has 1 N–H and O–H groups in total. The fraction of sp³-hybridized carbons (Fsp3) is 0.344. The largest absolute Gasteiger partial charge is 0.486 e. The Labute approximate surface area is 251 Å². The summed E-state index contributed by atoms with van der Waals surface area (Å²) in [6.45, 7) is 5.78. The summed E-state index contributed by atoms with van der Waals surface area (Å²) < 4.78 is 50.3. The first-order valence-electron chi connectivity index (χ1n) is 14.0. The first kappa shape index (κ1) is 30.1. The molecule has 0 radical (unpaired) electrons. The Balaban J connectivity index is 1.44. The van der Waals surface area contributed by atoms with E-state index in [0.29, 0.717) is 72.1 Å². The van der Waals surface area contributed by atoms with E-state index in [-0.39, 0.29) is 17.4 Å². The first-order chi connectivity index (χ1) is 20.0. The molecule has 10 heteroatoms. The zero-order chi connectivity index (χ0) is 30.0. The molecule has 0 bridgehead atoms. The molecule has 2 heterocycles. The molecule has 0 unspecified atom stereocenters. The van der Waals surface area contributed by atoms with Gasteiger partial charge < -0.3 is 14.7 Å². The SMILES string of the molecule is C/C(=C\c1ccc2c(c1)N(S(=O)(=O)c1cccc(C)c1)C[C@H](CCN1CCC(C(=O)O)CC1)O2)c1c(F)cccc1Cl. The number of carboxylic acids is 1. The summed E-state index contributed by atoms with van der Waals surface area (Å²) in [6.07, 6.45) is 3.17. The third-order valence-corrected chi connectivity index (χ3v) is 10.0. The summed E-state index contributed by atoms with van der Waals surface area (Å²) in [5, 5.41) is 9.59. The minimum atomic E-state index is -3.93. The molecule has 0 amide bonds. The van der Waals surface area contributed by atoms with Crippen molar-refractivity contribution in [2.75, 3.05) is 30.5 Å². The maximum Gasteiger partial charge on any atom is 0.306 e. The Morgan fingerprint density at radius 1 is 1.12 bits per heavy atom. The molecule has 5 rings (SSSR count). The van der Waals surface area contributed by atoms with Crippen LogP contribution < -0.4 is 9.04 Å². The van der Waals surface area contributed by atoms with Gasteiger partial charge in [-0.05, 0) is 99.3 Å². The van der Waals surface area contributed by atoms with Crippen LogP contribution in [0.2, 0.25) is 5.02 Å². The van der Waals surface area contributed by atoms with E-state index in [1.165, 1.54) is 10.4 Å². The number of fused-ring (bicyclic) bond motifs is 1. The Bertz CT molecular complexity index is 1600. The van der Waals surface area contributed by atoms with Gasteiger partial charge in [-0.3, -0.25) is 9.10 Å². The normalized spacial score (nSPS) is 18.4. The topological polar surface area (TPSA) is 87.2 Å². The zero-order valence-electron chi connectivity index (χ0n) is 23.6. The molecule has 0 aliphatic carbocycles. The van der Waals surface area contributed by atoms with Crippen molar-refractivity contribution in [3.63, 3.8) is 0 Å². The molecule has 1 atom stereocenters. The highest BCUT2D eigenvalue weighted by molar-refractivity contribution is 7.92. The molecule has 1 saturated heterocycles. The summed E-state index contributed by atoms with van der Waals surface area (Å²) in [4.78, 5) is 13.7. The van der Waals surface area contributed by atoms with E-state index < -0.39 is 27.9 Å². The van der Waals surface area contributed by atoms with Crippen molar-refractivity contribution in [2.24, 2.45) is 5.92 Å². The lowest BCUT2D eigenvalue weighted by atomic mass is 9.97. The van der Waals surface area contributed by atoms with Crippen molar-refractivity contribution in [1.29, 1.82) is 0 Å². The summed E-state index contributed by atoms with van der Waals surface area (Å²) in [5.74, 6) is -1.04. The zero-order valence-corrected chi connectivity index (χ0v) is 25.2. The van der Waals surface area contributed by atoms with Gasteiger partial charge in [-0.1, -0.05) is 41.9 Å². The van der Waals surface area contributed by atoms with Crippen molar-refractivity contribution < 1.29 is 27.4 Å². The number of aliphatic carboxylic acids is 1. The number of benzene rings is 3. The number of allylic oxidation sites excluding steroid dienone is 1. The lowest BCUT2D eigenvalue weighted by molar-refractivity contribution is -0.143. The average Bonchev–Trinajstić information content (AvgIpc) is 2.96. The van der Waals surface area contributed by atoms with Crippen LogP contribution in [0.3, 0.4) is 0 Å². The van der Waals surface area contributed by atoms with Gasteiger partial charge in [0.1, 0.15) is 17.7 Å².